The van der Waals surface area contributed by atoms with Crippen LogP contribution in [0.25, 0.3) is 0 Å². The minimum absolute atomic E-state index is 0.0359. The largest absolute Gasteiger partial charge is 0.353 e. The van der Waals surface area contributed by atoms with E-state index < -0.39 is 10.0 Å². The summed E-state index contributed by atoms with van der Waals surface area (Å²) in [4.78, 5) is 11.6. The zero-order chi connectivity index (χ0) is 13.6. The SMILES string of the molecule is CCNCCC(=O)NC1CCN(S(C)(=O)=O)CC1. The van der Waals surface area contributed by atoms with Crippen LogP contribution in [0.15, 0.2) is 0 Å². The summed E-state index contributed by atoms with van der Waals surface area (Å²) >= 11 is 0. The smallest absolute Gasteiger partial charge is 0.221 e. The van der Waals surface area contributed by atoms with Crippen LogP contribution in [-0.4, -0.2) is 57.1 Å². The molecule has 1 aliphatic rings. The summed E-state index contributed by atoms with van der Waals surface area (Å²) in [5.74, 6) is 0.0359. The number of nitrogens with zero attached hydrogens (tertiary/aromatic N) is 1. The van der Waals surface area contributed by atoms with E-state index in [1.807, 2.05) is 6.92 Å². The minimum Gasteiger partial charge on any atom is -0.353 e. The number of carbonyl (C=O) groups is 1. The molecule has 1 saturated heterocycles. The average molecular weight is 277 g/mol. The van der Waals surface area contributed by atoms with Crippen molar-refractivity contribution in [3.8, 4) is 0 Å². The van der Waals surface area contributed by atoms with Crippen molar-refractivity contribution in [2.75, 3.05) is 32.4 Å². The summed E-state index contributed by atoms with van der Waals surface area (Å²) in [6.45, 7) is 4.54. The van der Waals surface area contributed by atoms with E-state index in [-0.39, 0.29) is 11.9 Å². The number of hydrogen-bond acceptors (Lipinski definition) is 4. The molecular weight excluding hydrogens is 254 g/mol. The second kappa shape index (κ2) is 7.06. The van der Waals surface area contributed by atoms with Gasteiger partial charge in [0.15, 0.2) is 0 Å². The van der Waals surface area contributed by atoms with Gasteiger partial charge in [-0.15, -0.1) is 0 Å². The molecule has 0 aromatic rings. The molecule has 0 aliphatic carbocycles. The van der Waals surface area contributed by atoms with Crippen LogP contribution in [0.3, 0.4) is 0 Å². The van der Waals surface area contributed by atoms with Crippen molar-refractivity contribution in [2.45, 2.75) is 32.2 Å². The molecule has 1 aliphatic heterocycles. The number of carbonyl (C=O) groups excluding carboxylic acids is 1. The van der Waals surface area contributed by atoms with Crippen LogP contribution in [0.1, 0.15) is 26.2 Å². The Bertz CT molecular complexity index is 362. The predicted molar refractivity (Wildman–Crippen MR) is 70.7 cm³/mol. The number of rotatable bonds is 6. The summed E-state index contributed by atoms with van der Waals surface area (Å²) in [5.41, 5.74) is 0. The highest BCUT2D eigenvalue weighted by Gasteiger charge is 2.25. The molecule has 1 amide bonds. The van der Waals surface area contributed by atoms with Crippen LogP contribution in [0.4, 0.5) is 0 Å². The second-order valence-electron chi connectivity index (χ2n) is 4.61. The van der Waals surface area contributed by atoms with Crippen molar-refractivity contribution in [3.05, 3.63) is 0 Å². The van der Waals surface area contributed by atoms with Gasteiger partial charge in [0.2, 0.25) is 15.9 Å². The number of sulfonamides is 1. The molecule has 6 nitrogen and oxygen atoms in total. The first kappa shape index (κ1) is 15.4. The summed E-state index contributed by atoms with van der Waals surface area (Å²) in [7, 11) is -3.08. The number of hydrogen-bond donors (Lipinski definition) is 2. The highest BCUT2D eigenvalue weighted by molar-refractivity contribution is 7.88. The van der Waals surface area contributed by atoms with Crippen LogP contribution in [0, 0.1) is 0 Å². The molecule has 0 aromatic carbocycles. The van der Waals surface area contributed by atoms with Crippen molar-refractivity contribution < 1.29 is 13.2 Å². The van der Waals surface area contributed by atoms with Crippen LogP contribution < -0.4 is 10.6 Å². The van der Waals surface area contributed by atoms with Gasteiger partial charge in [0.05, 0.1) is 6.26 Å². The molecular formula is C11H23N3O3S. The predicted octanol–water partition coefficient (Wildman–Crippen LogP) is -0.474. The van der Waals surface area contributed by atoms with Gasteiger partial charge < -0.3 is 10.6 Å². The Kier molecular flexibility index (Phi) is 6.04. The van der Waals surface area contributed by atoms with Crippen LogP contribution in [0.5, 0.6) is 0 Å². The molecule has 1 fully saturated rings. The van der Waals surface area contributed by atoms with Gasteiger partial charge >= 0.3 is 0 Å². The van der Waals surface area contributed by atoms with Crippen molar-refractivity contribution in [1.29, 1.82) is 0 Å². The number of piperidine rings is 1. The monoisotopic (exact) mass is 277 g/mol. The van der Waals surface area contributed by atoms with Gasteiger partial charge in [0.25, 0.3) is 0 Å². The highest BCUT2D eigenvalue weighted by Crippen LogP contribution is 2.13. The first-order valence-corrected chi connectivity index (χ1v) is 8.23. The van der Waals surface area contributed by atoms with Crippen LogP contribution >= 0.6 is 0 Å². The maximum atomic E-state index is 11.6. The summed E-state index contributed by atoms with van der Waals surface area (Å²) < 4.78 is 24.1. The Balaban J connectivity index is 2.25. The third-order valence-electron chi connectivity index (χ3n) is 3.07. The summed E-state index contributed by atoms with van der Waals surface area (Å²) in [6.07, 6.45) is 3.09. The molecule has 1 heterocycles. The third kappa shape index (κ3) is 5.32. The van der Waals surface area contributed by atoms with Gasteiger partial charge in [-0.3, -0.25) is 4.79 Å². The van der Waals surface area contributed by atoms with Crippen molar-refractivity contribution in [3.63, 3.8) is 0 Å². The molecule has 18 heavy (non-hydrogen) atoms. The molecule has 7 heteroatoms. The van der Waals surface area contributed by atoms with Gasteiger partial charge in [0.1, 0.15) is 0 Å². The van der Waals surface area contributed by atoms with Crippen molar-refractivity contribution in [2.24, 2.45) is 0 Å². The van der Waals surface area contributed by atoms with Crippen LogP contribution in [0.2, 0.25) is 0 Å². The van der Waals surface area contributed by atoms with Gasteiger partial charge in [-0.2, -0.15) is 0 Å². The molecule has 0 spiro atoms. The van der Waals surface area contributed by atoms with Crippen LogP contribution in [-0.2, 0) is 14.8 Å². The number of nitrogens with one attached hydrogen (secondary N) is 2. The quantitative estimate of drug-likeness (QED) is 0.643. The molecule has 0 aromatic heterocycles. The molecule has 0 unspecified atom stereocenters. The molecule has 0 atom stereocenters. The first-order valence-electron chi connectivity index (χ1n) is 6.38. The molecule has 0 radical (unpaired) electrons. The lowest BCUT2D eigenvalue weighted by Crippen LogP contribution is -2.46. The van der Waals surface area contributed by atoms with Gasteiger partial charge in [-0.25, -0.2) is 12.7 Å². The second-order valence-corrected chi connectivity index (χ2v) is 6.59. The minimum atomic E-state index is -3.08. The Hall–Kier alpha value is -0.660. The maximum Gasteiger partial charge on any atom is 0.221 e. The van der Waals surface area contributed by atoms with Gasteiger partial charge in [0, 0.05) is 32.1 Å². The zero-order valence-electron chi connectivity index (χ0n) is 11.1. The van der Waals surface area contributed by atoms with Crippen molar-refractivity contribution in [1.82, 2.24) is 14.9 Å². The molecule has 0 saturated carbocycles. The van der Waals surface area contributed by atoms with Crippen molar-refractivity contribution >= 4 is 15.9 Å². The van der Waals surface area contributed by atoms with E-state index in [0.29, 0.717) is 38.9 Å². The molecule has 2 N–H and O–H groups in total. The van der Waals surface area contributed by atoms with E-state index in [0.717, 1.165) is 6.54 Å². The summed E-state index contributed by atoms with van der Waals surface area (Å²) in [6, 6.07) is 0.108. The first-order chi connectivity index (χ1) is 8.43. The van der Waals surface area contributed by atoms with E-state index in [2.05, 4.69) is 10.6 Å². The lowest BCUT2D eigenvalue weighted by Gasteiger charge is -2.30. The third-order valence-corrected chi connectivity index (χ3v) is 4.37. The molecule has 106 valence electrons. The van der Waals surface area contributed by atoms with E-state index in [4.69, 9.17) is 0 Å². The average Bonchev–Trinajstić information content (AvgIpc) is 2.29. The standard InChI is InChI=1S/C11H23N3O3S/c1-3-12-7-4-11(15)13-10-5-8-14(9-6-10)18(2,16)17/h10,12H,3-9H2,1-2H3,(H,13,15). The normalized spacial score (nSPS) is 18.8. The maximum absolute atomic E-state index is 11.6. The fourth-order valence-corrected chi connectivity index (χ4v) is 2.88. The Morgan fingerprint density at radius 1 is 1.33 bits per heavy atom. The van der Waals surface area contributed by atoms with Gasteiger partial charge in [-0.05, 0) is 19.4 Å². The number of amides is 1. The fourth-order valence-electron chi connectivity index (χ4n) is 2.01. The summed E-state index contributed by atoms with van der Waals surface area (Å²) in [5, 5.41) is 6.04. The molecule has 0 bridgehead atoms. The molecule has 1 rings (SSSR count). The van der Waals surface area contributed by atoms with Gasteiger partial charge in [-0.1, -0.05) is 6.92 Å². The fraction of sp³-hybridized carbons (Fsp3) is 0.909. The highest BCUT2D eigenvalue weighted by atomic mass is 32.2. The van der Waals surface area contributed by atoms with E-state index in [1.54, 1.807) is 0 Å². The van der Waals surface area contributed by atoms with E-state index in [9.17, 15) is 13.2 Å². The Labute approximate surface area is 109 Å². The lowest BCUT2D eigenvalue weighted by atomic mass is 10.1. The Morgan fingerprint density at radius 2 is 1.94 bits per heavy atom. The lowest BCUT2D eigenvalue weighted by molar-refractivity contribution is -0.121. The Morgan fingerprint density at radius 3 is 2.44 bits per heavy atom. The topological polar surface area (TPSA) is 78.5 Å². The zero-order valence-corrected chi connectivity index (χ0v) is 11.9. The van der Waals surface area contributed by atoms with E-state index >= 15 is 0 Å². The van der Waals surface area contributed by atoms with E-state index in [1.165, 1.54) is 10.6 Å².